The highest BCUT2D eigenvalue weighted by Crippen LogP contribution is 2.24. The van der Waals surface area contributed by atoms with Gasteiger partial charge in [0.15, 0.2) is 0 Å². The number of benzene rings is 1. The van der Waals surface area contributed by atoms with Crippen molar-refractivity contribution in [3.8, 4) is 0 Å². The zero-order chi connectivity index (χ0) is 15.1. The first-order chi connectivity index (χ1) is 10.2. The number of aliphatic hydroxyl groups excluding tert-OH is 1. The van der Waals surface area contributed by atoms with E-state index in [0.717, 1.165) is 29.8 Å². The summed E-state index contributed by atoms with van der Waals surface area (Å²) in [6, 6.07) is 8.15. The normalized spacial score (nSPS) is 15.0. The van der Waals surface area contributed by atoms with Gasteiger partial charge in [-0.3, -0.25) is 9.69 Å². The second-order valence-electron chi connectivity index (χ2n) is 5.51. The summed E-state index contributed by atoms with van der Waals surface area (Å²) >= 11 is 5.93. The molecule has 5 heteroatoms. The predicted octanol–water partition coefficient (Wildman–Crippen LogP) is 1.85. The molecule has 1 amide bonds. The molecular weight excluding hydrogens is 288 g/mol. The fourth-order valence-electron chi connectivity index (χ4n) is 2.55. The fraction of sp³-hybridized carbons (Fsp3) is 0.562. The topological polar surface area (TPSA) is 52.6 Å². The lowest BCUT2D eigenvalue weighted by atomic mass is 9.91. The van der Waals surface area contributed by atoms with Crippen LogP contribution in [0, 0.1) is 0 Å². The summed E-state index contributed by atoms with van der Waals surface area (Å²) in [4.78, 5) is 14.1. The van der Waals surface area contributed by atoms with Gasteiger partial charge in [-0.15, -0.1) is 0 Å². The lowest BCUT2D eigenvalue weighted by Gasteiger charge is -2.36. The van der Waals surface area contributed by atoms with Crippen LogP contribution in [0.1, 0.15) is 24.8 Å². The van der Waals surface area contributed by atoms with Gasteiger partial charge < -0.3 is 10.4 Å². The van der Waals surface area contributed by atoms with Gasteiger partial charge >= 0.3 is 0 Å². The number of halogens is 1. The minimum Gasteiger partial charge on any atom is -0.395 e. The summed E-state index contributed by atoms with van der Waals surface area (Å²) in [7, 11) is 0. The van der Waals surface area contributed by atoms with Crippen LogP contribution in [0.4, 0.5) is 0 Å². The highest BCUT2D eigenvalue weighted by molar-refractivity contribution is 6.30. The van der Waals surface area contributed by atoms with Crippen molar-refractivity contribution in [2.75, 3.05) is 26.2 Å². The zero-order valence-electron chi connectivity index (χ0n) is 12.2. The van der Waals surface area contributed by atoms with E-state index >= 15 is 0 Å². The van der Waals surface area contributed by atoms with Crippen molar-refractivity contribution in [1.29, 1.82) is 0 Å². The second-order valence-corrected chi connectivity index (χ2v) is 5.95. The Labute approximate surface area is 131 Å². The van der Waals surface area contributed by atoms with Crippen LogP contribution < -0.4 is 5.32 Å². The average Bonchev–Trinajstić information content (AvgIpc) is 2.37. The first-order valence-electron chi connectivity index (χ1n) is 7.55. The molecule has 0 spiro atoms. The first-order valence-corrected chi connectivity index (χ1v) is 7.93. The van der Waals surface area contributed by atoms with Crippen LogP contribution in [0.3, 0.4) is 0 Å². The van der Waals surface area contributed by atoms with E-state index < -0.39 is 0 Å². The third-order valence-electron chi connectivity index (χ3n) is 3.95. The van der Waals surface area contributed by atoms with Crippen LogP contribution in [-0.4, -0.2) is 48.2 Å². The maximum atomic E-state index is 12.0. The third-order valence-corrected chi connectivity index (χ3v) is 4.18. The van der Waals surface area contributed by atoms with Crippen LogP contribution in [0.25, 0.3) is 0 Å². The van der Waals surface area contributed by atoms with Gasteiger partial charge in [0.25, 0.3) is 0 Å². The van der Waals surface area contributed by atoms with Gasteiger partial charge in [0.2, 0.25) is 5.91 Å². The van der Waals surface area contributed by atoms with Crippen molar-refractivity contribution in [1.82, 2.24) is 10.2 Å². The Kier molecular flexibility index (Phi) is 6.49. The quantitative estimate of drug-likeness (QED) is 0.770. The van der Waals surface area contributed by atoms with E-state index in [4.69, 9.17) is 16.7 Å². The number of carbonyl (C=O) groups excluding carboxylic acids is 1. The maximum Gasteiger partial charge on any atom is 0.234 e. The van der Waals surface area contributed by atoms with Crippen LogP contribution in [0.2, 0.25) is 5.02 Å². The molecule has 1 saturated carbocycles. The minimum absolute atomic E-state index is 0.0254. The van der Waals surface area contributed by atoms with Gasteiger partial charge in [0.1, 0.15) is 0 Å². The van der Waals surface area contributed by atoms with Crippen molar-refractivity contribution in [3.05, 3.63) is 34.9 Å². The molecule has 0 atom stereocenters. The van der Waals surface area contributed by atoms with Crippen molar-refractivity contribution in [2.45, 2.75) is 31.7 Å². The number of aliphatic hydroxyl groups is 1. The SMILES string of the molecule is O=C(CN(CCO)C1CCC1)NCCc1cccc(Cl)c1. The highest BCUT2D eigenvalue weighted by Gasteiger charge is 2.25. The molecule has 2 rings (SSSR count). The Hall–Kier alpha value is -1.10. The molecule has 1 aromatic rings. The predicted molar refractivity (Wildman–Crippen MR) is 84.5 cm³/mol. The molecule has 2 N–H and O–H groups in total. The highest BCUT2D eigenvalue weighted by atomic mass is 35.5. The van der Waals surface area contributed by atoms with E-state index in [1.807, 2.05) is 24.3 Å². The van der Waals surface area contributed by atoms with Crippen LogP contribution in [0.5, 0.6) is 0 Å². The molecule has 0 radical (unpaired) electrons. The van der Waals surface area contributed by atoms with Crippen molar-refractivity contribution in [2.24, 2.45) is 0 Å². The Morgan fingerprint density at radius 2 is 2.24 bits per heavy atom. The molecule has 116 valence electrons. The molecule has 1 fully saturated rings. The number of nitrogens with one attached hydrogen (secondary N) is 1. The van der Waals surface area contributed by atoms with E-state index in [0.29, 0.717) is 25.7 Å². The van der Waals surface area contributed by atoms with Gasteiger partial charge in [-0.1, -0.05) is 30.2 Å². The molecule has 21 heavy (non-hydrogen) atoms. The van der Waals surface area contributed by atoms with Crippen molar-refractivity contribution >= 4 is 17.5 Å². The summed E-state index contributed by atoms with van der Waals surface area (Å²) in [5, 5.41) is 12.7. The maximum absolute atomic E-state index is 12.0. The number of carbonyl (C=O) groups is 1. The van der Waals surface area contributed by atoms with Crippen LogP contribution >= 0.6 is 11.6 Å². The van der Waals surface area contributed by atoms with Crippen molar-refractivity contribution < 1.29 is 9.90 Å². The number of hydrogen-bond acceptors (Lipinski definition) is 3. The van der Waals surface area contributed by atoms with Gasteiger partial charge in [-0.2, -0.15) is 0 Å². The van der Waals surface area contributed by atoms with E-state index in [2.05, 4.69) is 10.2 Å². The number of hydrogen-bond donors (Lipinski definition) is 2. The standard InChI is InChI=1S/C16H23ClN2O2/c17-14-4-1-3-13(11-14)7-8-18-16(21)12-19(9-10-20)15-5-2-6-15/h1,3-4,11,15,20H,2,5-10,12H2,(H,18,21). The summed E-state index contributed by atoms with van der Waals surface area (Å²) in [5.74, 6) is 0.0254. The van der Waals surface area contributed by atoms with Gasteiger partial charge in [0.05, 0.1) is 13.2 Å². The molecule has 0 aliphatic heterocycles. The molecule has 0 aromatic heterocycles. The molecule has 1 aliphatic carbocycles. The monoisotopic (exact) mass is 310 g/mol. The van der Waals surface area contributed by atoms with Crippen LogP contribution in [0.15, 0.2) is 24.3 Å². The third kappa shape index (κ3) is 5.30. The van der Waals surface area contributed by atoms with E-state index in [-0.39, 0.29) is 12.5 Å². The largest absolute Gasteiger partial charge is 0.395 e. The lowest BCUT2D eigenvalue weighted by Crippen LogP contribution is -2.47. The summed E-state index contributed by atoms with van der Waals surface area (Å²) < 4.78 is 0. The fourth-order valence-corrected chi connectivity index (χ4v) is 2.76. The molecule has 0 bridgehead atoms. The van der Waals surface area contributed by atoms with E-state index in [9.17, 15) is 4.79 Å². The molecule has 0 heterocycles. The Bertz CT molecular complexity index is 463. The smallest absolute Gasteiger partial charge is 0.234 e. The molecule has 4 nitrogen and oxygen atoms in total. The number of amides is 1. The van der Waals surface area contributed by atoms with Gasteiger partial charge in [-0.05, 0) is 37.0 Å². The molecular formula is C16H23ClN2O2. The molecule has 0 unspecified atom stereocenters. The Balaban J connectivity index is 1.70. The average molecular weight is 311 g/mol. The Morgan fingerprint density at radius 3 is 2.86 bits per heavy atom. The second kappa shape index (κ2) is 8.37. The first kappa shape index (κ1) is 16.3. The van der Waals surface area contributed by atoms with E-state index in [1.165, 1.54) is 6.42 Å². The molecule has 1 aliphatic rings. The summed E-state index contributed by atoms with van der Waals surface area (Å²) in [5.41, 5.74) is 1.12. The van der Waals surface area contributed by atoms with E-state index in [1.54, 1.807) is 0 Å². The number of nitrogens with zero attached hydrogens (tertiary/aromatic N) is 1. The summed E-state index contributed by atoms with van der Waals surface area (Å²) in [6.45, 7) is 1.66. The molecule has 0 saturated heterocycles. The molecule has 1 aromatic carbocycles. The van der Waals surface area contributed by atoms with Crippen molar-refractivity contribution in [3.63, 3.8) is 0 Å². The summed E-state index contributed by atoms with van der Waals surface area (Å²) in [6.07, 6.45) is 4.27. The van der Waals surface area contributed by atoms with Crippen LogP contribution in [-0.2, 0) is 11.2 Å². The van der Waals surface area contributed by atoms with Gasteiger partial charge in [0, 0.05) is 24.2 Å². The number of rotatable bonds is 8. The Morgan fingerprint density at radius 1 is 1.43 bits per heavy atom. The zero-order valence-corrected chi connectivity index (χ0v) is 13.0. The minimum atomic E-state index is 0.0254. The lowest BCUT2D eigenvalue weighted by molar-refractivity contribution is -0.123. The van der Waals surface area contributed by atoms with Gasteiger partial charge in [-0.25, -0.2) is 0 Å².